The summed E-state index contributed by atoms with van der Waals surface area (Å²) >= 11 is 1.83. The summed E-state index contributed by atoms with van der Waals surface area (Å²) in [6.45, 7) is 4.30. The van der Waals surface area contributed by atoms with E-state index in [2.05, 4.69) is 35.5 Å². The molecule has 1 unspecified atom stereocenters. The van der Waals surface area contributed by atoms with Crippen LogP contribution < -0.4 is 10.5 Å². The van der Waals surface area contributed by atoms with Gasteiger partial charge in [-0.1, -0.05) is 6.07 Å². The summed E-state index contributed by atoms with van der Waals surface area (Å²) in [4.78, 5) is 7.17. The van der Waals surface area contributed by atoms with E-state index in [1.165, 1.54) is 9.75 Å². The van der Waals surface area contributed by atoms with Crippen LogP contribution in [-0.4, -0.2) is 16.7 Å². The van der Waals surface area contributed by atoms with E-state index >= 15 is 0 Å². The lowest BCUT2D eigenvalue weighted by molar-refractivity contribution is 0.419. The quantitative estimate of drug-likeness (QED) is 0.797. The number of aryl methyl sites for hydroxylation is 1. The highest BCUT2D eigenvalue weighted by atomic mass is 32.1. The number of nitrogen functional groups attached to an aromatic ring is 1. The van der Waals surface area contributed by atoms with Crippen LogP contribution in [0, 0.1) is 6.92 Å². The van der Waals surface area contributed by atoms with E-state index in [9.17, 15) is 0 Å². The average Bonchev–Trinajstić information content (AvgIpc) is 3.00. The van der Waals surface area contributed by atoms with Gasteiger partial charge in [-0.15, -0.1) is 11.3 Å². The van der Waals surface area contributed by atoms with Crippen molar-refractivity contribution < 1.29 is 4.74 Å². The van der Waals surface area contributed by atoms with Crippen molar-refractivity contribution in [3.63, 3.8) is 0 Å². The molecule has 0 aliphatic carbocycles. The van der Waals surface area contributed by atoms with Gasteiger partial charge in [0.05, 0.1) is 12.6 Å². The molecule has 1 aromatic carbocycles. The van der Waals surface area contributed by atoms with Gasteiger partial charge in [0.15, 0.2) is 0 Å². The Bertz CT molecular complexity index is 775. The SMILES string of the molecule is COc1cccc2c1nc(N)n2C(C)Cc1ccc(C)s1. The maximum absolute atomic E-state index is 6.14. The molecule has 2 aromatic heterocycles. The van der Waals surface area contributed by atoms with Crippen LogP contribution in [0.4, 0.5) is 5.95 Å². The zero-order valence-electron chi connectivity index (χ0n) is 12.5. The smallest absolute Gasteiger partial charge is 0.201 e. The summed E-state index contributed by atoms with van der Waals surface area (Å²) in [6, 6.07) is 10.5. The molecule has 0 saturated heterocycles. The summed E-state index contributed by atoms with van der Waals surface area (Å²) in [7, 11) is 1.65. The number of hydrogen-bond acceptors (Lipinski definition) is 4. The number of nitrogens with two attached hydrogens (primary N) is 1. The van der Waals surface area contributed by atoms with Crippen LogP contribution in [0.25, 0.3) is 11.0 Å². The van der Waals surface area contributed by atoms with Gasteiger partial charge in [0.25, 0.3) is 0 Å². The zero-order chi connectivity index (χ0) is 15.0. The molecular formula is C16H19N3OS. The highest BCUT2D eigenvalue weighted by Gasteiger charge is 2.17. The van der Waals surface area contributed by atoms with Crippen LogP contribution in [0.15, 0.2) is 30.3 Å². The Morgan fingerprint density at radius 3 is 2.81 bits per heavy atom. The Morgan fingerprint density at radius 1 is 1.33 bits per heavy atom. The third-order valence-corrected chi connectivity index (χ3v) is 4.69. The van der Waals surface area contributed by atoms with Crippen molar-refractivity contribution in [3.05, 3.63) is 40.1 Å². The van der Waals surface area contributed by atoms with Crippen molar-refractivity contribution in [2.45, 2.75) is 26.3 Å². The van der Waals surface area contributed by atoms with E-state index < -0.39 is 0 Å². The van der Waals surface area contributed by atoms with Crippen molar-refractivity contribution in [2.75, 3.05) is 12.8 Å². The largest absolute Gasteiger partial charge is 0.494 e. The molecule has 21 heavy (non-hydrogen) atoms. The fourth-order valence-electron chi connectivity index (χ4n) is 2.71. The van der Waals surface area contributed by atoms with Gasteiger partial charge in [-0.3, -0.25) is 0 Å². The molecule has 5 heteroatoms. The van der Waals surface area contributed by atoms with Crippen LogP contribution in [0.3, 0.4) is 0 Å². The van der Waals surface area contributed by atoms with E-state index in [0.717, 1.165) is 23.2 Å². The monoisotopic (exact) mass is 301 g/mol. The molecule has 2 heterocycles. The van der Waals surface area contributed by atoms with Crippen LogP contribution in [-0.2, 0) is 6.42 Å². The lowest BCUT2D eigenvalue weighted by atomic mass is 10.2. The van der Waals surface area contributed by atoms with E-state index in [1.807, 2.05) is 29.5 Å². The fraction of sp³-hybridized carbons (Fsp3) is 0.312. The molecule has 0 bridgehead atoms. The molecule has 0 aliphatic rings. The Labute approximate surface area is 128 Å². The summed E-state index contributed by atoms with van der Waals surface area (Å²) in [5, 5.41) is 0. The number of benzene rings is 1. The normalized spacial score (nSPS) is 12.7. The lowest BCUT2D eigenvalue weighted by Gasteiger charge is -2.15. The van der Waals surface area contributed by atoms with Gasteiger partial charge in [0, 0.05) is 22.2 Å². The molecule has 110 valence electrons. The molecule has 0 fully saturated rings. The number of thiophene rings is 1. The number of hydrogen-bond donors (Lipinski definition) is 1. The van der Waals surface area contributed by atoms with Crippen molar-refractivity contribution in [1.82, 2.24) is 9.55 Å². The number of methoxy groups -OCH3 is 1. The van der Waals surface area contributed by atoms with Gasteiger partial charge >= 0.3 is 0 Å². The molecule has 3 aromatic rings. The highest BCUT2D eigenvalue weighted by Crippen LogP contribution is 2.31. The Morgan fingerprint density at radius 2 is 2.14 bits per heavy atom. The van der Waals surface area contributed by atoms with E-state index in [1.54, 1.807) is 7.11 Å². The van der Waals surface area contributed by atoms with Crippen molar-refractivity contribution in [2.24, 2.45) is 0 Å². The number of rotatable bonds is 4. The number of anilines is 1. The van der Waals surface area contributed by atoms with Crippen molar-refractivity contribution in [1.29, 1.82) is 0 Å². The molecule has 1 atom stereocenters. The third-order valence-electron chi connectivity index (χ3n) is 3.66. The van der Waals surface area contributed by atoms with Crippen molar-refractivity contribution in [3.8, 4) is 5.75 Å². The van der Waals surface area contributed by atoms with Crippen LogP contribution >= 0.6 is 11.3 Å². The van der Waals surface area contributed by atoms with Gasteiger partial charge in [-0.05, 0) is 38.1 Å². The molecular weight excluding hydrogens is 282 g/mol. The highest BCUT2D eigenvalue weighted by molar-refractivity contribution is 7.11. The lowest BCUT2D eigenvalue weighted by Crippen LogP contribution is -2.10. The first-order valence-corrected chi connectivity index (χ1v) is 7.77. The maximum atomic E-state index is 6.14. The predicted molar refractivity (Wildman–Crippen MR) is 88.2 cm³/mol. The number of ether oxygens (including phenoxy) is 1. The second kappa shape index (κ2) is 5.41. The van der Waals surface area contributed by atoms with Gasteiger partial charge in [-0.25, -0.2) is 4.98 Å². The second-order valence-electron chi connectivity index (χ2n) is 5.23. The van der Waals surface area contributed by atoms with Gasteiger partial charge in [0.2, 0.25) is 5.95 Å². The fourth-order valence-corrected chi connectivity index (χ4v) is 3.72. The van der Waals surface area contributed by atoms with E-state index in [0.29, 0.717) is 5.95 Å². The molecule has 0 amide bonds. The molecule has 0 saturated carbocycles. The van der Waals surface area contributed by atoms with Gasteiger partial charge < -0.3 is 15.0 Å². The summed E-state index contributed by atoms with van der Waals surface area (Å²) in [5.41, 5.74) is 7.98. The number of para-hydroxylation sites is 1. The van der Waals surface area contributed by atoms with Crippen LogP contribution in [0.2, 0.25) is 0 Å². The number of imidazole rings is 1. The first-order chi connectivity index (χ1) is 10.1. The summed E-state index contributed by atoms with van der Waals surface area (Å²) < 4.78 is 7.46. The van der Waals surface area contributed by atoms with E-state index in [4.69, 9.17) is 10.5 Å². The molecule has 2 N–H and O–H groups in total. The standard InChI is InChI=1S/C16H19N3OS/c1-10(9-12-8-7-11(2)21-12)19-13-5-4-6-14(20-3)15(13)18-16(19)17/h4-8,10H,9H2,1-3H3,(H2,17,18). The molecule has 3 rings (SSSR count). The second-order valence-corrected chi connectivity index (χ2v) is 6.61. The number of nitrogens with zero attached hydrogens (tertiary/aromatic N) is 2. The Kier molecular flexibility index (Phi) is 3.59. The number of aromatic nitrogens is 2. The summed E-state index contributed by atoms with van der Waals surface area (Å²) in [5.74, 6) is 1.30. The predicted octanol–water partition coefficient (Wildman–Crippen LogP) is 3.80. The Hall–Kier alpha value is -2.01. The average molecular weight is 301 g/mol. The molecule has 0 radical (unpaired) electrons. The minimum Gasteiger partial charge on any atom is -0.494 e. The van der Waals surface area contributed by atoms with Crippen LogP contribution in [0.5, 0.6) is 5.75 Å². The maximum Gasteiger partial charge on any atom is 0.201 e. The number of fused-ring (bicyclic) bond motifs is 1. The molecule has 0 aliphatic heterocycles. The zero-order valence-corrected chi connectivity index (χ0v) is 13.3. The third kappa shape index (κ3) is 2.49. The van der Waals surface area contributed by atoms with Gasteiger partial charge in [0.1, 0.15) is 11.3 Å². The summed E-state index contributed by atoms with van der Waals surface area (Å²) in [6.07, 6.45) is 0.950. The first-order valence-electron chi connectivity index (χ1n) is 6.96. The van der Waals surface area contributed by atoms with Crippen molar-refractivity contribution >= 4 is 28.3 Å². The van der Waals surface area contributed by atoms with Crippen LogP contribution in [0.1, 0.15) is 22.7 Å². The molecule has 0 spiro atoms. The minimum absolute atomic E-state index is 0.250. The van der Waals surface area contributed by atoms with E-state index in [-0.39, 0.29) is 6.04 Å². The Balaban J connectivity index is 2.01. The molecule has 4 nitrogen and oxygen atoms in total. The topological polar surface area (TPSA) is 53.1 Å². The van der Waals surface area contributed by atoms with Gasteiger partial charge in [-0.2, -0.15) is 0 Å². The first kappa shape index (κ1) is 13.9. The minimum atomic E-state index is 0.250.